The SMILES string of the molecule is CCCc1nc2cccc(F)c2o1. The van der Waals surface area contributed by atoms with Crippen LogP contribution in [0.5, 0.6) is 0 Å². The summed E-state index contributed by atoms with van der Waals surface area (Å²) in [7, 11) is 0. The van der Waals surface area contributed by atoms with Gasteiger partial charge in [0.15, 0.2) is 17.3 Å². The van der Waals surface area contributed by atoms with Gasteiger partial charge in [-0.2, -0.15) is 0 Å². The van der Waals surface area contributed by atoms with Crippen LogP contribution in [-0.4, -0.2) is 4.98 Å². The number of aryl methyl sites for hydroxylation is 1. The summed E-state index contributed by atoms with van der Waals surface area (Å²) in [6.07, 6.45) is 1.71. The van der Waals surface area contributed by atoms with Crippen LogP contribution in [-0.2, 0) is 6.42 Å². The summed E-state index contributed by atoms with van der Waals surface area (Å²) in [6, 6.07) is 4.76. The van der Waals surface area contributed by atoms with Gasteiger partial charge in [-0.1, -0.05) is 13.0 Å². The molecule has 0 unspecified atom stereocenters. The smallest absolute Gasteiger partial charge is 0.195 e. The molecule has 0 N–H and O–H groups in total. The van der Waals surface area contributed by atoms with Crippen LogP contribution in [0.2, 0.25) is 0 Å². The topological polar surface area (TPSA) is 26.0 Å². The molecular weight excluding hydrogens is 169 g/mol. The number of nitrogens with zero attached hydrogens (tertiary/aromatic N) is 1. The molecule has 0 aliphatic carbocycles. The first-order valence-electron chi connectivity index (χ1n) is 4.35. The second-order valence-electron chi connectivity index (χ2n) is 2.95. The maximum Gasteiger partial charge on any atom is 0.195 e. The molecule has 0 fully saturated rings. The zero-order valence-corrected chi connectivity index (χ0v) is 7.38. The average molecular weight is 179 g/mol. The summed E-state index contributed by atoms with van der Waals surface area (Å²) in [6.45, 7) is 2.03. The maximum absolute atomic E-state index is 13.1. The van der Waals surface area contributed by atoms with Gasteiger partial charge in [-0.25, -0.2) is 9.37 Å². The molecule has 0 spiro atoms. The molecule has 0 amide bonds. The average Bonchev–Trinajstić information content (AvgIpc) is 2.49. The third-order valence-corrected chi connectivity index (χ3v) is 1.88. The third kappa shape index (κ3) is 1.41. The molecule has 0 atom stereocenters. The van der Waals surface area contributed by atoms with E-state index < -0.39 is 0 Å². The van der Waals surface area contributed by atoms with Crippen molar-refractivity contribution >= 4 is 11.1 Å². The minimum absolute atomic E-state index is 0.269. The van der Waals surface area contributed by atoms with Crippen molar-refractivity contribution < 1.29 is 8.81 Å². The Morgan fingerprint density at radius 2 is 2.31 bits per heavy atom. The summed E-state index contributed by atoms with van der Waals surface area (Å²) < 4.78 is 18.4. The molecule has 0 saturated carbocycles. The fourth-order valence-corrected chi connectivity index (χ4v) is 1.28. The van der Waals surface area contributed by atoms with E-state index in [2.05, 4.69) is 4.98 Å². The van der Waals surface area contributed by atoms with Crippen LogP contribution in [0.4, 0.5) is 4.39 Å². The number of rotatable bonds is 2. The number of halogens is 1. The highest BCUT2D eigenvalue weighted by Crippen LogP contribution is 2.19. The highest BCUT2D eigenvalue weighted by molar-refractivity contribution is 5.72. The molecule has 0 aliphatic rings. The molecule has 1 aromatic carbocycles. The Bertz CT molecular complexity index is 422. The second kappa shape index (κ2) is 3.17. The van der Waals surface area contributed by atoms with Crippen molar-refractivity contribution in [2.24, 2.45) is 0 Å². The zero-order valence-electron chi connectivity index (χ0n) is 7.38. The second-order valence-corrected chi connectivity index (χ2v) is 2.95. The number of hydrogen-bond donors (Lipinski definition) is 0. The Kier molecular flexibility index (Phi) is 2.00. The summed E-state index contributed by atoms with van der Waals surface area (Å²) in [4.78, 5) is 4.16. The van der Waals surface area contributed by atoms with E-state index in [9.17, 15) is 4.39 Å². The maximum atomic E-state index is 13.1. The predicted molar refractivity (Wildman–Crippen MR) is 48.0 cm³/mol. The van der Waals surface area contributed by atoms with Gasteiger partial charge >= 0.3 is 0 Å². The molecule has 0 saturated heterocycles. The monoisotopic (exact) mass is 179 g/mol. The standard InChI is InChI=1S/C10H10FNO/c1-2-4-9-12-8-6-3-5-7(11)10(8)13-9/h3,5-6H,2,4H2,1H3. The van der Waals surface area contributed by atoms with Crippen molar-refractivity contribution in [3.8, 4) is 0 Å². The Hall–Kier alpha value is -1.38. The number of hydrogen-bond acceptors (Lipinski definition) is 2. The molecular formula is C10H10FNO. The fraction of sp³-hybridized carbons (Fsp3) is 0.300. The largest absolute Gasteiger partial charge is 0.438 e. The van der Waals surface area contributed by atoms with E-state index in [-0.39, 0.29) is 11.4 Å². The summed E-state index contributed by atoms with van der Waals surface area (Å²) in [5.74, 6) is 0.273. The normalized spacial score (nSPS) is 10.9. The van der Waals surface area contributed by atoms with Crippen molar-refractivity contribution in [2.75, 3.05) is 0 Å². The van der Waals surface area contributed by atoms with Crippen molar-refractivity contribution in [3.63, 3.8) is 0 Å². The highest BCUT2D eigenvalue weighted by atomic mass is 19.1. The van der Waals surface area contributed by atoms with E-state index in [0.29, 0.717) is 11.4 Å². The lowest BCUT2D eigenvalue weighted by Crippen LogP contribution is -1.79. The fourth-order valence-electron chi connectivity index (χ4n) is 1.28. The minimum Gasteiger partial charge on any atom is -0.438 e. The van der Waals surface area contributed by atoms with Crippen LogP contribution in [0.1, 0.15) is 19.2 Å². The zero-order chi connectivity index (χ0) is 9.26. The van der Waals surface area contributed by atoms with Gasteiger partial charge in [-0.05, 0) is 18.6 Å². The Morgan fingerprint density at radius 1 is 1.46 bits per heavy atom. The summed E-state index contributed by atoms with van der Waals surface area (Å²) in [5, 5.41) is 0. The lowest BCUT2D eigenvalue weighted by molar-refractivity contribution is 0.503. The Balaban J connectivity index is 2.55. The molecule has 0 radical (unpaired) electrons. The predicted octanol–water partition coefficient (Wildman–Crippen LogP) is 2.92. The molecule has 1 heterocycles. The van der Waals surface area contributed by atoms with Gasteiger partial charge in [0.2, 0.25) is 0 Å². The molecule has 3 heteroatoms. The van der Waals surface area contributed by atoms with Gasteiger partial charge in [-0.15, -0.1) is 0 Å². The number of benzene rings is 1. The lowest BCUT2D eigenvalue weighted by atomic mass is 10.3. The minimum atomic E-state index is -0.340. The van der Waals surface area contributed by atoms with Crippen LogP contribution in [0.25, 0.3) is 11.1 Å². The van der Waals surface area contributed by atoms with Crippen LogP contribution in [0.3, 0.4) is 0 Å². The number of para-hydroxylation sites is 1. The van der Waals surface area contributed by atoms with Crippen molar-refractivity contribution in [3.05, 3.63) is 29.9 Å². The van der Waals surface area contributed by atoms with Gasteiger partial charge < -0.3 is 4.42 Å². The number of oxazole rings is 1. The van der Waals surface area contributed by atoms with E-state index in [1.54, 1.807) is 12.1 Å². The summed E-state index contributed by atoms with van der Waals surface area (Å²) in [5.41, 5.74) is 0.870. The van der Waals surface area contributed by atoms with E-state index in [1.165, 1.54) is 6.07 Å². The van der Waals surface area contributed by atoms with Gasteiger partial charge in [0.1, 0.15) is 5.52 Å². The first kappa shape index (κ1) is 8.23. The molecule has 13 heavy (non-hydrogen) atoms. The van der Waals surface area contributed by atoms with Gasteiger partial charge in [0.05, 0.1) is 0 Å². The molecule has 1 aromatic heterocycles. The van der Waals surface area contributed by atoms with Crippen LogP contribution in [0.15, 0.2) is 22.6 Å². The van der Waals surface area contributed by atoms with Crippen molar-refractivity contribution in [1.82, 2.24) is 4.98 Å². The number of fused-ring (bicyclic) bond motifs is 1. The quantitative estimate of drug-likeness (QED) is 0.708. The van der Waals surface area contributed by atoms with Crippen LogP contribution in [0, 0.1) is 5.82 Å². The van der Waals surface area contributed by atoms with E-state index >= 15 is 0 Å². The van der Waals surface area contributed by atoms with E-state index in [1.807, 2.05) is 6.92 Å². The Morgan fingerprint density at radius 3 is 3.00 bits per heavy atom. The van der Waals surface area contributed by atoms with E-state index in [4.69, 9.17) is 4.42 Å². The highest BCUT2D eigenvalue weighted by Gasteiger charge is 2.07. The first-order chi connectivity index (χ1) is 6.31. The molecule has 0 aliphatic heterocycles. The van der Waals surface area contributed by atoms with Crippen LogP contribution < -0.4 is 0 Å². The summed E-state index contributed by atoms with van der Waals surface area (Å²) >= 11 is 0. The van der Waals surface area contributed by atoms with Gasteiger partial charge in [0, 0.05) is 6.42 Å². The third-order valence-electron chi connectivity index (χ3n) is 1.88. The molecule has 2 rings (SSSR count). The number of aromatic nitrogens is 1. The van der Waals surface area contributed by atoms with Crippen LogP contribution >= 0.6 is 0 Å². The van der Waals surface area contributed by atoms with Crippen molar-refractivity contribution in [1.29, 1.82) is 0 Å². The Labute approximate surface area is 75.4 Å². The molecule has 0 bridgehead atoms. The van der Waals surface area contributed by atoms with Crippen molar-refractivity contribution in [2.45, 2.75) is 19.8 Å². The van der Waals surface area contributed by atoms with Gasteiger partial charge in [0.25, 0.3) is 0 Å². The van der Waals surface area contributed by atoms with Gasteiger partial charge in [-0.3, -0.25) is 0 Å². The molecule has 2 aromatic rings. The first-order valence-corrected chi connectivity index (χ1v) is 4.35. The van der Waals surface area contributed by atoms with E-state index in [0.717, 1.165) is 12.8 Å². The molecule has 2 nitrogen and oxygen atoms in total. The lowest BCUT2D eigenvalue weighted by Gasteiger charge is -1.87. The molecule has 68 valence electrons.